The highest BCUT2D eigenvalue weighted by molar-refractivity contribution is 4.90. The van der Waals surface area contributed by atoms with Crippen LogP contribution in [-0.2, 0) is 13.1 Å². The molecule has 1 heterocycles. The molecule has 1 aromatic heterocycles. The Morgan fingerprint density at radius 3 is 3.00 bits per heavy atom. The molecule has 1 N–H and O–H groups in total. The standard InChI is InChI=1S/C6H10F2N4/c1-9-2-5-3-12(11-10-5)4-6(7)8/h3,6,9H,2,4H2,1H3. The Hall–Kier alpha value is -1.04. The molecule has 0 aliphatic rings. The van der Waals surface area contributed by atoms with Crippen LogP contribution in [0.15, 0.2) is 6.20 Å². The van der Waals surface area contributed by atoms with E-state index in [2.05, 4.69) is 15.6 Å². The molecular formula is C6H10F2N4. The summed E-state index contributed by atoms with van der Waals surface area (Å²) in [7, 11) is 1.76. The largest absolute Gasteiger partial charge is 0.314 e. The number of hydrogen-bond donors (Lipinski definition) is 1. The van der Waals surface area contributed by atoms with Gasteiger partial charge in [0.2, 0.25) is 0 Å². The fourth-order valence-corrected chi connectivity index (χ4v) is 0.831. The number of aromatic nitrogens is 3. The molecule has 0 bridgehead atoms. The first-order valence-electron chi connectivity index (χ1n) is 3.54. The average Bonchev–Trinajstić information content (AvgIpc) is 2.36. The van der Waals surface area contributed by atoms with E-state index in [0.717, 1.165) is 4.68 Å². The van der Waals surface area contributed by atoms with Gasteiger partial charge in [0.05, 0.1) is 5.69 Å². The smallest absolute Gasteiger partial charge is 0.257 e. The number of alkyl halides is 2. The monoisotopic (exact) mass is 176 g/mol. The summed E-state index contributed by atoms with van der Waals surface area (Å²) in [5, 5.41) is 10.0. The summed E-state index contributed by atoms with van der Waals surface area (Å²) in [5.41, 5.74) is 0.665. The van der Waals surface area contributed by atoms with Crippen LogP contribution in [0.4, 0.5) is 8.78 Å². The van der Waals surface area contributed by atoms with Crippen molar-refractivity contribution in [3.8, 4) is 0 Å². The Kier molecular flexibility index (Phi) is 3.09. The van der Waals surface area contributed by atoms with Gasteiger partial charge in [0, 0.05) is 12.7 Å². The van der Waals surface area contributed by atoms with E-state index in [0.29, 0.717) is 12.2 Å². The summed E-state index contributed by atoms with van der Waals surface area (Å²) in [6, 6.07) is 0. The Morgan fingerprint density at radius 1 is 1.67 bits per heavy atom. The first-order valence-corrected chi connectivity index (χ1v) is 3.54. The molecule has 0 aromatic carbocycles. The molecule has 0 unspecified atom stereocenters. The summed E-state index contributed by atoms with van der Waals surface area (Å²) in [5.74, 6) is 0. The molecular weight excluding hydrogens is 166 g/mol. The second kappa shape index (κ2) is 4.10. The first-order chi connectivity index (χ1) is 5.72. The van der Waals surface area contributed by atoms with Crippen LogP contribution in [0, 0.1) is 0 Å². The van der Waals surface area contributed by atoms with Crippen LogP contribution in [-0.4, -0.2) is 28.5 Å². The van der Waals surface area contributed by atoms with E-state index in [4.69, 9.17) is 0 Å². The molecule has 4 nitrogen and oxygen atoms in total. The van der Waals surface area contributed by atoms with Gasteiger partial charge >= 0.3 is 0 Å². The van der Waals surface area contributed by atoms with Crippen LogP contribution in [0.1, 0.15) is 5.69 Å². The molecule has 0 aliphatic carbocycles. The summed E-state index contributed by atoms with van der Waals surface area (Å²) in [6.45, 7) is 0.153. The highest BCUT2D eigenvalue weighted by Gasteiger charge is 2.05. The quantitative estimate of drug-likeness (QED) is 0.715. The molecule has 68 valence electrons. The molecule has 1 aromatic rings. The van der Waals surface area contributed by atoms with Crippen LogP contribution < -0.4 is 5.32 Å². The Bertz CT molecular complexity index is 235. The normalized spacial score (nSPS) is 11.0. The van der Waals surface area contributed by atoms with Gasteiger partial charge < -0.3 is 5.32 Å². The number of nitrogens with one attached hydrogen (secondary N) is 1. The third-order valence-electron chi connectivity index (χ3n) is 1.27. The van der Waals surface area contributed by atoms with Gasteiger partial charge in [0.15, 0.2) is 0 Å². The van der Waals surface area contributed by atoms with Gasteiger partial charge in [-0.25, -0.2) is 13.5 Å². The molecule has 0 saturated heterocycles. The van der Waals surface area contributed by atoms with Crippen LogP contribution >= 0.6 is 0 Å². The van der Waals surface area contributed by atoms with Crippen molar-refractivity contribution in [3.05, 3.63) is 11.9 Å². The van der Waals surface area contributed by atoms with Crippen LogP contribution in [0.5, 0.6) is 0 Å². The van der Waals surface area contributed by atoms with E-state index >= 15 is 0 Å². The van der Waals surface area contributed by atoms with Crippen LogP contribution in [0.25, 0.3) is 0 Å². The minimum atomic E-state index is -2.38. The van der Waals surface area contributed by atoms with Gasteiger partial charge in [-0.2, -0.15) is 0 Å². The average molecular weight is 176 g/mol. The lowest BCUT2D eigenvalue weighted by atomic mass is 10.5. The third-order valence-corrected chi connectivity index (χ3v) is 1.27. The van der Waals surface area contributed by atoms with Crippen molar-refractivity contribution in [3.63, 3.8) is 0 Å². The predicted octanol–water partition coefficient (Wildman–Crippen LogP) is 0.263. The number of hydrogen-bond acceptors (Lipinski definition) is 3. The molecule has 0 atom stereocenters. The molecule has 0 radical (unpaired) electrons. The second-order valence-corrected chi connectivity index (χ2v) is 2.35. The maximum Gasteiger partial charge on any atom is 0.257 e. The van der Waals surface area contributed by atoms with E-state index < -0.39 is 13.0 Å². The fraction of sp³-hybridized carbons (Fsp3) is 0.667. The van der Waals surface area contributed by atoms with E-state index in [9.17, 15) is 8.78 Å². The van der Waals surface area contributed by atoms with Gasteiger partial charge in [0.1, 0.15) is 6.54 Å². The minimum absolute atomic E-state index is 0.392. The van der Waals surface area contributed by atoms with Gasteiger partial charge in [-0.3, -0.25) is 0 Å². The predicted molar refractivity (Wildman–Crippen MR) is 38.8 cm³/mol. The molecule has 0 aliphatic heterocycles. The maximum absolute atomic E-state index is 11.8. The molecule has 1 rings (SSSR count). The summed E-state index contributed by atoms with van der Waals surface area (Å²) < 4.78 is 24.8. The van der Waals surface area contributed by atoms with Crippen molar-refractivity contribution in [1.82, 2.24) is 20.3 Å². The van der Waals surface area contributed by atoms with E-state index in [1.54, 1.807) is 7.05 Å². The zero-order valence-corrected chi connectivity index (χ0v) is 6.67. The minimum Gasteiger partial charge on any atom is -0.314 e. The lowest BCUT2D eigenvalue weighted by molar-refractivity contribution is 0.121. The lowest BCUT2D eigenvalue weighted by Gasteiger charge is -1.96. The molecule has 6 heteroatoms. The molecule has 12 heavy (non-hydrogen) atoms. The van der Waals surface area contributed by atoms with Crippen LogP contribution in [0.3, 0.4) is 0 Å². The van der Waals surface area contributed by atoms with E-state index in [1.165, 1.54) is 6.20 Å². The van der Waals surface area contributed by atoms with Crippen molar-refractivity contribution >= 4 is 0 Å². The van der Waals surface area contributed by atoms with Crippen molar-refractivity contribution in [1.29, 1.82) is 0 Å². The Balaban J connectivity index is 2.52. The lowest BCUT2D eigenvalue weighted by Crippen LogP contribution is -2.07. The Morgan fingerprint density at radius 2 is 2.42 bits per heavy atom. The highest BCUT2D eigenvalue weighted by atomic mass is 19.3. The zero-order valence-electron chi connectivity index (χ0n) is 6.67. The number of nitrogens with zero attached hydrogens (tertiary/aromatic N) is 3. The van der Waals surface area contributed by atoms with Crippen LogP contribution in [0.2, 0.25) is 0 Å². The van der Waals surface area contributed by atoms with E-state index in [-0.39, 0.29) is 0 Å². The Labute approximate surface area is 68.6 Å². The topological polar surface area (TPSA) is 42.7 Å². The molecule has 0 amide bonds. The molecule has 0 spiro atoms. The van der Waals surface area contributed by atoms with Gasteiger partial charge in [-0.15, -0.1) is 5.10 Å². The zero-order chi connectivity index (χ0) is 8.97. The van der Waals surface area contributed by atoms with Gasteiger partial charge in [-0.1, -0.05) is 5.21 Å². The van der Waals surface area contributed by atoms with Crippen molar-refractivity contribution < 1.29 is 8.78 Å². The summed E-state index contributed by atoms with van der Waals surface area (Å²) in [4.78, 5) is 0. The number of halogens is 2. The number of rotatable bonds is 4. The van der Waals surface area contributed by atoms with Crippen molar-refractivity contribution in [2.24, 2.45) is 0 Å². The molecule has 0 saturated carbocycles. The summed E-state index contributed by atoms with van der Waals surface area (Å²) >= 11 is 0. The fourth-order valence-electron chi connectivity index (χ4n) is 0.831. The van der Waals surface area contributed by atoms with Gasteiger partial charge in [0.25, 0.3) is 6.43 Å². The molecule has 0 fully saturated rings. The maximum atomic E-state index is 11.8. The third kappa shape index (κ3) is 2.54. The second-order valence-electron chi connectivity index (χ2n) is 2.35. The first kappa shape index (κ1) is 9.05. The highest BCUT2D eigenvalue weighted by Crippen LogP contribution is 1.98. The van der Waals surface area contributed by atoms with Gasteiger partial charge in [-0.05, 0) is 7.05 Å². The van der Waals surface area contributed by atoms with Crippen molar-refractivity contribution in [2.75, 3.05) is 7.05 Å². The van der Waals surface area contributed by atoms with Crippen molar-refractivity contribution in [2.45, 2.75) is 19.5 Å². The summed E-state index contributed by atoms with van der Waals surface area (Å²) in [6.07, 6.45) is -0.878. The SMILES string of the molecule is CNCc1cn(CC(F)F)nn1. The van der Waals surface area contributed by atoms with E-state index in [1.807, 2.05) is 0 Å².